The molecule has 0 spiro atoms. The molecule has 0 radical (unpaired) electrons. The Bertz CT molecular complexity index is 1110. The molecule has 170 valence electrons. The summed E-state index contributed by atoms with van der Waals surface area (Å²) >= 11 is 0. The van der Waals surface area contributed by atoms with Crippen molar-refractivity contribution in [2.75, 3.05) is 13.7 Å². The minimum absolute atomic E-state index is 0.233. The van der Waals surface area contributed by atoms with Crippen LogP contribution in [0.25, 0.3) is 0 Å². The molecule has 3 aromatic carbocycles. The van der Waals surface area contributed by atoms with Gasteiger partial charge >= 0.3 is 5.97 Å². The molecule has 0 fully saturated rings. The van der Waals surface area contributed by atoms with Crippen molar-refractivity contribution in [1.82, 2.24) is 5.43 Å². The van der Waals surface area contributed by atoms with Gasteiger partial charge in [0.15, 0.2) is 17.6 Å². The van der Waals surface area contributed by atoms with Crippen molar-refractivity contribution < 1.29 is 28.9 Å². The monoisotopic (exact) mass is 448 g/mol. The van der Waals surface area contributed by atoms with Crippen LogP contribution in [0.15, 0.2) is 77.9 Å². The molecule has 0 aliphatic heterocycles. The highest BCUT2D eigenvalue weighted by Gasteiger charge is 2.16. The first kappa shape index (κ1) is 23.5. The smallest absolute Gasteiger partial charge is 0.343 e. The van der Waals surface area contributed by atoms with Gasteiger partial charge in [0.2, 0.25) is 0 Å². The average Bonchev–Trinajstić information content (AvgIpc) is 2.85. The van der Waals surface area contributed by atoms with Gasteiger partial charge < -0.3 is 19.3 Å². The zero-order chi connectivity index (χ0) is 23.6. The third kappa shape index (κ3) is 6.41. The highest BCUT2D eigenvalue weighted by Crippen LogP contribution is 2.28. The lowest BCUT2D eigenvalue weighted by Gasteiger charge is -2.11. The first-order chi connectivity index (χ1) is 16.0. The molecule has 0 aromatic heterocycles. The van der Waals surface area contributed by atoms with Crippen LogP contribution in [-0.4, -0.2) is 36.9 Å². The van der Waals surface area contributed by atoms with Gasteiger partial charge in [0, 0.05) is 0 Å². The molecule has 0 aliphatic rings. The molecule has 3 rings (SSSR count). The van der Waals surface area contributed by atoms with Crippen molar-refractivity contribution in [2.45, 2.75) is 13.0 Å². The van der Waals surface area contributed by atoms with E-state index in [2.05, 4.69) is 10.5 Å². The van der Waals surface area contributed by atoms with Crippen LogP contribution in [0.2, 0.25) is 0 Å². The van der Waals surface area contributed by atoms with Crippen LogP contribution >= 0.6 is 0 Å². The molecule has 0 bridgehead atoms. The van der Waals surface area contributed by atoms with Crippen LogP contribution < -0.4 is 19.6 Å². The third-order valence-electron chi connectivity index (χ3n) is 4.54. The Balaban J connectivity index is 1.63. The third-order valence-corrected chi connectivity index (χ3v) is 4.54. The number of hydrogen-bond donors (Lipinski definition) is 2. The van der Waals surface area contributed by atoms with Crippen LogP contribution in [-0.2, 0) is 4.79 Å². The quantitative estimate of drug-likeness (QED) is 0.225. The van der Waals surface area contributed by atoms with Gasteiger partial charge in [-0.1, -0.05) is 30.3 Å². The van der Waals surface area contributed by atoms with Gasteiger partial charge in [-0.05, 0) is 60.5 Å². The van der Waals surface area contributed by atoms with Gasteiger partial charge in [0.1, 0.15) is 5.75 Å². The Labute approximate surface area is 191 Å². The molecule has 3 aromatic rings. The van der Waals surface area contributed by atoms with Crippen molar-refractivity contribution in [3.05, 3.63) is 89.5 Å². The van der Waals surface area contributed by atoms with Crippen molar-refractivity contribution >= 4 is 18.1 Å². The lowest BCUT2D eigenvalue weighted by molar-refractivity contribution is -0.129. The largest absolute Gasteiger partial charge is 0.494 e. The molecule has 1 amide bonds. The number of hydrogen-bond acceptors (Lipinski definition) is 7. The van der Waals surface area contributed by atoms with E-state index in [-0.39, 0.29) is 5.75 Å². The minimum Gasteiger partial charge on any atom is -0.494 e. The van der Waals surface area contributed by atoms with E-state index in [1.54, 1.807) is 72.8 Å². The molecule has 1 atom stereocenters. The predicted molar refractivity (Wildman–Crippen MR) is 123 cm³/mol. The Kier molecular flexibility index (Phi) is 8.15. The van der Waals surface area contributed by atoms with Gasteiger partial charge in [-0.25, -0.2) is 10.2 Å². The Morgan fingerprint density at radius 1 is 1.03 bits per heavy atom. The number of carbonyl (C=O) groups excluding carboxylic acids is 2. The molecule has 8 heteroatoms. The number of esters is 1. The van der Waals surface area contributed by atoms with Crippen molar-refractivity contribution in [3.63, 3.8) is 0 Å². The van der Waals surface area contributed by atoms with Crippen LogP contribution in [0, 0.1) is 0 Å². The summed E-state index contributed by atoms with van der Waals surface area (Å²) in [6.45, 7) is 2.42. The number of nitrogens with zero attached hydrogens (tertiary/aromatic N) is 1. The maximum absolute atomic E-state index is 12.4. The Morgan fingerprint density at radius 2 is 1.76 bits per heavy atom. The van der Waals surface area contributed by atoms with E-state index in [1.807, 2.05) is 6.92 Å². The number of nitrogens with one attached hydrogen (secondary N) is 1. The number of benzene rings is 3. The summed E-state index contributed by atoms with van der Waals surface area (Å²) in [6, 6.07) is 20.0. The van der Waals surface area contributed by atoms with Gasteiger partial charge in [-0.3, -0.25) is 4.79 Å². The molecule has 0 unspecified atom stereocenters. The van der Waals surface area contributed by atoms with E-state index >= 15 is 0 Å². The fraction of sp³-hybridized carbons (Fsp3) is 0.160. The maximum atomic E-state index is 12.4. The van der Waals surface area contributed by atoms with Crippen molar-refractivity contribution in [2.24, 2.45) is 5.10 Å². The molecular weight excluding hydrogens is 424 g/mol. The number of methoxy groups -OCH3 is 1. The minimum atomic E-state index is -1.33. The van der Waals surface area contributed by atoms with Gasteiger partial charge in [0.05, 0.1) is 25.5 Å². The number of ether oxygens (including phenoxy) is 3. The fourth-order valence-corrected chi connectivity index (χ4v) is 2.88. The zero-order valence-electron chi connectivity index (χ0n) is 18.2. The predicted octanol–water partition coefficient (Wildman–Crippen LogP) is 3.50. The molecule has 8 nitrogen and oxygen atoms in total. The summed E-state index contributed by atoms with van der Waals surface area (Å²) in [5, 5.41) is 13.9. The second-order valence-corrected chi connectivity index (χ2v) is 6.80. The normalized spacial score (nSPS) is 11.6. The second kappa shape index (κ2) is 11.4. The SMILES string of the molecule is CCOc1ccc(C(=O)Oc2ccc(/C=N\NC(=O)[C@H](O)c3ccccc3)cc2OC)cc1. The van der Waals surface area contributed by atoms with Crippen LogP contribution in [0.3, 0.4) is 0 Å². The van der Waals surface area contributed by atoms with E-state index < -0.39 is 18.0 Å². The van der Waals surface area contributed by atoms with Gasteiger partial charge in [-0.2, -0.15) is 5.10 Å². The summed E-state index contributed by atoms with van der Waals surface area (Å²) in [6.07, 6.45) is 0.0539. The standard InChI is InChI=1S/C25H24N2O6/c1-3-32-20-12-10-19(11-13-20)25(30)33-21-14-9-17(15-22(21)31-2)16-26-27-24(29)23(28)18-7-5-4-6-8-18/h4-16,23,28H,3H2,1-2H3,(H,27,29)/b26-16-/t23-/m1/s1. The second-order valence-electron chi connectivity index (χ2n) is 6.80. The topological polar surface area (TPSA) is 106 Å². The highest BCUT2D eigenvalue weighted by atomic mass is 16.6. The average molecular weight is 448 g/mol. The van der Waals surface area contributed by atoms with Gasteiger partial charge in [-0.15, -0.1) is 0 Å². The highest BCUT2D eigenvalue weighted by molar-refractivity contribution is 5.92. The van der Waals surface area contributed by atoms with Crippen LogP contribution in [0.1, 0.15) is 34.5 Å². The molecule has 0 heterocycles. The Hall–Kier alpha value is -4.17. The maximum Gasteiger partial charge on any atom is 0.343 e. The molecule has 0 aliphatic carbocycles. The van der Waals surface area contributed by atoms with Crippen molar-refractivity contribution in [1.29, 1.82) is 0 Å². The van der Waals surface area contributed by atoms with E-state index in [4.69, 9.17) is 14.2 Å². The molecule has 0 saturated carbocycles. The number of hydrazone groups is 1. The Morgan fingerprint density at radius 3 is 2.42 bits per heavy atom. The van der Waals surface area contributed by atoms with Crippen LogP contribution in [0.4, 0.5) is 0 Å². The molecule has 2 N–H and O–H groups in total. The number of aliphatic hydroxyl groups excluding tert-OH is 1. The van der Waals surface area contributed by atoms with E-state index in [0.29, 0.717) is 34.8 Å². The van der Waals surface area contributed by atoms with E-state index in [0.717, 1.165) is 0 Å². The van der Waals surface area contributed by atoms with Crippen LogP contribution in [0.5, 0.6) is 17.2 Å². The number of aliphatic hydroxyl groups is 1. The first-order valence-electron chi connectivity index (χ1n) is 10.2. The first-order valence-corrected chi connectivity index (χ1v) is 10.2. The zero-order valence-corrected chi connectivity index (χ0v) is 18.2. The summed E-state index contributed by atoms with van der Waals surface area (Å²) < 4.78 is 16.1. The molecule has 33 heavy (non-hydrogen) atoms. The van der Waals surface area contributed by atoms with Crippen molar-refractivity contribution in [3.8, 4) is 17.2 Å². The summed E-state index contributed by atoms with van der Waals surface area (Å²) in [7, 11) is 1.45. The summed E-state index contributed by atoms with van der Waals surface area (Å²) in [5.41, 5.74) is 3.71. The summed E-state index contributed by atoms with van der Waals surface area (Å²) in [5.74, 6) is 0.00912. The van der Waals surface area contributed by atoms with E-state index in [9.17, 15) is 14.7 Å². The lowest BCUT2D eigenvalue weighted by Crippen LogP contribution is -2.25. The lowest BCUT2D eigenvalue weighted by atomic mass is 10.1. The summed E-state index contributed by atoms with van der Waals surface area (Å²) in [4.78, 5) is 24.5. The number of rotatable bonds is 9. The number of amides is 1. The van der Waals surface area contributed by atoms with E-state index in [1.165, 1.54) is 13.3 Å². The van der Waals surface area contributed by atoms with Gasteiger partial charge in [0.25, 0.3) is 5.91 Å². The molecular formula is C25H24N2O6. The number of carbonyl (C=O) groups is 2. The molecule has 0 saturated heterocycles. The fourth-order valence-electron chi connectivity index (χ4n) is 2.88.